The molecule has 0 unspecified atom stereocenters. The summed E-state index contributed by atoms with van der Waals surface area (Å²) in [6, 6.07) is 11.2. The van der Waals surface area contributed by atoms with Crippen molar-refractivity contribution in [1.29, 1.82) is 0 Å². The van der Waals surface area contributed by atoms with Crippen molar-refractivity contribution in [3.8, 4) is 11.3 Å². The first-order valence-electron chi connectivity index (χ1n) is 6.04. The van der Waals surface area contributed by atoms with Crippen LogP contribution in [0.1, 0.15) is 16.1 Å². The van der Waals surface area contributed by atoms with Crippen molar-refractivity contribution in [1.82, 2.24) is 9.38 Å². The Hall–Kier alpha value is -2.14. The molecule has 5 heteroatoms. The predicted octanol–water partition coefficient (Wildman–Crippen LogP) is 3.77. The Labute approximate surface area is 123 Å². The third-order valence-electron chi connectivity index (χ3n) is 3.20. The van der Waals surface area contributed by atoms with Crippen LogP contribution in [0.15, 0.2) is 47.1 Å². The molecule has 4 nitrogen and oxygen atoms in total. The summed E-state index contributed by atoms with van der Waals surface area (Å²) in [7, 11) is 0. The van der Waals surface area contributed by atoms with Crippen molar-refractivity contribution >= 4 is 27.5 Å². The van der Waals surface area contributed by atoms with Crippen LogP contribution in [-0.4, -0.2) is 20.5 Å². The number of imidazole rings is 1. The Morgan fingerprint density at radius 2 is 2.10 bits per heavy atom. The van der Waals surface area contributed by atoms with Gasteiger partial charge in [-0.25, -0.2) is 9.78 Å². The number of aromatic nitrogens is 2. The van der Waals surface area contributed by atoms with Gasteiger partial charge in [-0.1, -0.05) is 28.1 Å². The lowest BCUT2D eigenvalue weighted by atomic mass is 10.1. The normalized spacial score (nSPS) is 10.9. The van der Waals surface area contributed by atoms with E-state index in [9.17, 15) is 4.79 Å². The van der Waals surface area contributed by atoms with E-state index in [-0.39, 0.29) is 5.56 Å². The van der Waals surface area contributed by atoms with Gasteiger partial charge in [0.1, 0.15) is 5.65 Å². The fourth-order valence-corrected chi connectivity index (χ4v) is 2.60. The topological polar surface area (TPSA) is 54.6 Å². The molecule has 0 aliphatic rings. The third-order valence-corrected chi connectivity index (χ3v) is 3.70. The number of aromatic carboxylic acids is 1. The number of hydrogen-bond acceptors (Lipinski definition) is 2. The van der Waals surface area contributed by atoms with Crippen LogP contribution in [0.5, 0.6) is 0 Å². The number of pyridine rings is 1. The van der Waals surface area contributed by atoms with Crippen LogP contribution in [0.25, 0.3) is 16.9 Å². The third kappa shape index (κ3) is 2.10. The van der Waals surface area contributed by atoms with Crippen LogP contribution in [0.4, 0.5) is 0 Å². The highest BCUT2D eigenvalue weighted by Gasteiger charge is 2.12. The molecule has 100 valence electrons. The van der Waals surface area contributed by atoms with E-state index in [2.05, 4.69) is 20.9 Å². The summed E-state index contributed by atoms with van der Waals surface area (Å²) in [6.45, 7) is 1.93. The van der Waals surface area contributed by atoms with Gasteiger partial charge in [0.15, 0.2) is 0 Å². The molecule has 0 amide bonds. The first-order chi connectivity index (χ1) is 9.56. The van der Waals surface area contributed by atoms with E-state index in [1.54, 1.807) is 22.7 Å². The number of benzene rings is 1. The van der Waals surface area contributed by atoms with Crippen LogP contribution in [0, 0.1) is 6.92 Å². The highest BCUT2D eigenvalue weighted by atomic mass is 79.9. The minimum atomic E-state index is -0.941. The lowest BCUT2D eigenvalue weighted by Gasteiger charge is -2.01. The van der Waals surface area contributed by atoms with Crippen LogP contribution in [0.2, 0.25) is 0 Å². The smallest absolute Gasteiger partial charge is 0.337 e. The molecule has 0 saturated heterocycles. The molecule has 3 rings (SSSR count). The number of carboxylic acid groups (broad SMARTS) is 1. The summed E-state index contributed by atoms with van der Waals surface area (Å²) in [4.78, 5) is 15.6. The number of aryl methyl sites for hydroxylation is 1. The maximum atomic E-state index is 11.0. The predicted molar refractivity (Wildman–Crippen MR) is 80.0 cm³/mol. The second kappa shape index (κ2) is 4.76. The fourth-order valence-electron chi connectivity index (χ4n) is 2.20. The Bertz CT molecular complexity index is 824. The summed E-state index contributed by atoms with van der Waals surface area (Å²) in [5, 5.41) is 9.06. The van der Waals surface area contributed by atoms with Crippen LogP contribution in [-0.2, 0) is 0 Å². The second-order valence-electron chi connectivity index (χ2n) is 4.51. The van der Waals surface area contributed by atoms with Crippen molar-refractivity contribution in [2.75, 3.05) is 0 Å². The van der Waals surface area contributed by atoms with Gasteiger partial charge in [0, 0.05) is 21.9 Å². The minimum absolute atomic E-state index is 0.249. The first-order valence-corrected chi connectivity index (χ1v) is 6.83. The Kier molecular flexibility index (Phi) is 3.06. The van der Waals surface area contributed by atoms with E-state index in [0.29, 0.717) is 0 Å². The second-order valence-corrected chi connectivity index (χ2v) is 5.42. The number of nitrogens with zero attached hydrogens (tertiary/aromatic N) is 2. The molecule has 0 spiro atoms. The number of rotatable bonds is 2. The zero-order chi connectivity index (χ0) is 14.3. The first kappa shape index (κ1) is 12.9. The molecule has 0 bridgehead atoms. The number of carboxylic acids is 1. The molecule has 1 aromatic carbocycles. The quantitative estimate of drug-likeness (QED) is 0.778. The van der Waals surface area contributed by atoms with Crippen molar-refractivity contribution in [2.45, 2.75) is 6.92 Å². The zero-order valence-electron chi connectivity index (χ0n) is 10.7. The fraction of sp³-hybridized carbons (Fsp3) is 0.0667. The molecule has 0 aliphatic heterocycles. The van der Waals surface area contributed by atoms with Gasteiger partial charge in [-0.05, 0) is 31.2 Å². The molecular weight excluding hydrogens is 320 g/mol. The molecule has 0 saturated carbocycles. The summed E-state index contributed by atoms with van der Waals surface area (Å²) < 4.78 is 2.79. The average Bonchev–Trinajstić information content (AvgIpc) is 2.76. The maximum Gasteiger partial charge on any atom is 0.337 e. The van der Waals surface area contributed by atoms with Crippen molar-refractivity contribution < 1.29 is 9.90 Å². The zero-order valence-corrected chi connectivity index (χ0v) is 12.3. The number of hydrogen-bond donors (Lipinski definition) is 1. The van der Waals surface area contributed by atoms with E-state index >= 15 is 0 Å². The lowest BCUT2D eigenvalue weighted by molar-refractivity contribution is 0.0696. The van der Waals surface area contributed by atoms with Crippen molar-refractivity contribution in [2.24, 2.45) is 0 Å². The van der Waals surface area contributed by atoms with Gasteiger partial charge in [-0.3, -0.25) is 0 Å². The average molecular weight is 331 g/mol. The van der Waals surface area contributed by atoms with E-state index in [1.165, 1.54) is 0 Å². The molecule has 0 atom stereocenters. The summed E-state index contributed by atoms with van der Waals surface area (Å²) in [5.41, 5.74) is 3.76. The van der Waals surface area contributed by atoms with Crippen LogP contribution < -0.4 is 0 Å². The van der Waals surface area contributed by atoms with Gasteiger partial charge in [-0.15, -0.1) is 0 Å². The number of fused-ring (bicyclic) bond motifs is 1. The van der Waals surface area contributed by atoms with Gasteiger partial charge in [-0.2, -0.15) is 0 Å². The van der Waals surface area contributed by atoms with Gasteiger partial charge in [0.25, 0.3) is 0 Å². The Balaban J connectivity index is 2.23. The molecule has 2 heterocycles. The van der Waals surface area contributed by atoms with Gasteiger partial charge in [0.2, 0.25) is 0 Å². The molecule has 20 heavy (non-hydrogen) atoms. The molecule has 2 aromatic heterocycles. The highest BCUT2D eigenvalue weighted by molar-refractivity contribution is 9.10. The van der Waals surface area contributed by atoms with Crippen LogP contribution >= 0.6 is 15.9 Å². The largest absolute Gasteiger partial charge is 0.478 e. The van der Waals surface area contributed by atoms with Gasteiger partial charge in [0.05, 0.1) is 11.3 Å². The standard InChI is InChI=1S/C15H11BrN2O2/c1-9-14(10-3-2-4-12(16)7-10)17-13-6-5-11(15(19)20)8-18(9)13/h2-8H,1H3,(H,19,20). The highest BCUT2D eigenvalue weighted by Crippen LogP contribution is 2.26. The monoisotopic (exact) mass is 330 g/mol. The molecular formula is C15H11BrN2O2. The molecule has 1 N–H and O–H groups in total. The Morgan fingerprint density at radius 1 is 1.30 bits per heavy atom. The van der Waals surface area contributed by atoms with Gasteiger partial charge < -0.3 is 9.51 Å². The van der Waals surface area contributed by atoms with Crippen LogP contribution in [0.3, 0.4) is 0 Å². The minimum Gasteiger partial charge on any atom is -0.478 e. The van der Waals surface area contributed by atoms with Crippen molar-refractivity contribution in [3.63, 3.8) is 0 Å². The molecule has 0 aliphatic carbocycles. The Morgan fingerprint density at radius 3 is 2.80 bits per heavy atom. The molecule has 3 aromatic rings. The number of carbonyl (C=O) groups is 1. The summed E-state index contributed by atoms with van der Waals surface area (Å²) in [6.07, 6.45) is 1.60. The maximum absolute atomic E-state index is 11.0. The lowest BCUT2D eigenvalue weighted by Crippen LogP contribution is -1.99. The summed E-state index contributed by atoms with van der Waals surface area (Å²) >= 11 is 3.45. The summed E-state index contributed by atoms with van der Waals surface area (Å²) in [5.74, 6) is -0.941. The van der Waals surface area contributed by atoms with Gasteiger partial charge >= 0.3 is 5.97 Å². The van der Waals surface area contributed by atoms with Crippen molar-refractivity contribution in [3.05, 3.63) is 58.3 Å². The molecule has 0 radical (unpaired) electrons. The van der Waals surface area contributed by atoms with E-state index in [0.717, 1.165) is 27.1 Å². The van der Waals surface area contributed by atoms with E-state index < -0.39 is 5.97 Å². The number of halogens is 1. The van der Waals surface area contributed by atoms with E-state index in [1.807, 2.05) is 31.2 Å². The van der Waals surface area contributed by atoms with E-state index in [4.69, 9.17) is 5.11 Å². The molecule has 0 fully saturated rings. The SMILES string of the molecule is Cc1c(-c2cccc(Br)c2)nc2ccc(C(=O)O)cn12.